The molecule has 0 saturated carbocycles. The minimum absolute atomic E-state index is 0.0645. The number of aliphatic imine (C=N–C) groups is 1. The number of allylic oxidation sites excluding steroid dienone is 2. The molecule has 1 amide bonds. The molecule has 1 saturated heterocycles. The van der Waals surface area contributed by atoms with Crippen LogP contribution in [0.25, 0.3) is 34.1 Å². The van der Waals surface area contributed by atoms with Crippen LogP contribution in [-0.4, -0.2) is 52.2 Å². The first-order valence-corrected chi connectivity index (χ1v) is 14.0. The number of piperazine rings is 1. The van der Waals surface area contributed by atoms with Gasteiger partial charge in [0.2, 0.25) is 5.91 Å². The molecule has 0 N–H and O–H groups in total. The van der Waals surface area contributed by atoms with Crippen molar-refractivity contribution in [2.45, 2.75) is 39.3 Å². The van der Waals surface area contributed by atoms with Crippen LogP contribution in [0.4, 0.5) is 5.82 Å². The normalized spacial score (nSPS) is 21.9. The Morgan fingerprint density at radius 2 is 1.95 bits per heavy atom. The van der Waals surface area contributed by atoms with Gasteiger partial charge in [-0.25, -0.2) is 9.36 Å². The molecule has 6 rings (SSSR count). The van der Waals surface area contributed by atoms with Crippen LogP contribution < -0.4 is 15.2 Å². The summed E-state index contributed by atoms with van der Waals surface area (Å²) in [6.07, 6.45) is 5.84. The van der Waals surface area contributed by atoms with Gasteiger partial charge in [0.25, 0.3) is 0 Å². The van der Waals surface area contributed by atoms with Crippen LogP contribution in [0.5, 0.6) is 0 Å². The summed E-state index contributed by atoms with van der Waals surface area (Å²) >= 11 is 7.16. The van der Waals surface area contributed by atoms with Gasteiger partial charge in [-0.15, -0.1) is 4.57 Å². The van der Waals surface area contributed by atoms with E-state index in [0.29, 0.717) is 30.5 Å². The van der Waals surface area contributed by atoms with Gasteiger partial charge in [0.15, 0.2) is 11.5 Å². The second-order valence-corrected chi connectivity index (χ2v) is 11.1. The van der Waals surface area contributed by atoms with E-state index in [1.807, 2.05) is 49.5 Å². The molecule has 0 spiro atoms. The highest BCUT2D eigenvalue weighted by Crippen LogP contribution is 2.41. The van der Waals surface area contributed by atoms with Gasteiger partial charge in [0, 0.05) is 43.4 Å². The highest BCUT2D eigenvalue weighted by Gasteiger charge is 2.42. The molecule has 9 heteroatoms. The van der Waals surface area contributed by atoms with Crippen molar-refractivity contribution in [1.29, 1.82) is 0 Å². The monoisotopic (exact) mass is 555 g/mol. The molecule has 8 nitrogen and oxygen atoms in total. The van der Waals surface area contributed by atoms with Crippen molar-refractivity contribution >= 4 is 52.3 Å². The van der Waals surface area contributed by atoms with Crippen molar-refractivity contribution in [2.24, 2.45) is 10.9 Å². The van der Waals surface area contributed by atoms with E-state index in [-0.39, 0.29) is 29.6 Å². The van der Waals surface area contributed by atoms with E-state index in [1.54, 1.807) is 9.47 Å². The fraction of sp³-hybridized carbons (Fsp3) is 0.323. The summed E-state index contributed by atoms with van der Waals surface area (Å²) in [4.78, 5) is 39.7. The zero-order valence-electron chi connectivity index (χ0n) is 23.0. The maximum absolute atomic E-state index is 14.0. The van der Waals surface area contributed by atoms with Gasteiger partial charge in [0.05, 0.1) is 5.02 Å². The second kappa shape index (κ2) is 9.86. The third-order valence-electron chi connectivity index (χ3n) is 8.32. The lowest BCUT2D eigenvalue weighted by Crippen LogP contribution is -2.55. The first-order chi connectivity index (χ1) is 19.3. The Morgan fingerprint density at radius 3 is 2.67 bits per heavy atom. The van der Waals surface area contributed by atoms with Crippen molar-refractivity contribution in [3.05, 3.63) is 76.3 Å². The number of carbonyl (C=O) groups is 1. The third kappa shape index (κ3) is 3.84. The maximum atomic E-state index is 14.0. The quantitative estimate of drug-likeness (QED) is 0.345. The molecule has 2 aromatic heterocycles. The number of amides is 1. The molecular weight excluding hydrogens is 524 g/mol. The topological polar surface area (TPSA) is 74.7 Å². The fourth-order valence-electron chi connectivity index (χ4n) is 6.38. The molecule has 204 valence electrons. The molecule has 1 aromatic carbocycles. The third-order valence-corrected chi connectivity index (χ3v) is 8.61. The highest BCUT2D eigenvalue weighted by atomic mass is 35.5. The molecule has 0 aliphatic carbocycles. The van der Waals surface area contributed by atoms with Crippen molar-refractivity contribution in [1.82, 2.24) is 14.5 Å². The minimum atomic E-state index is -0.346. The second-order valence-electron chi connectivity index (χ2n) is 10.7. The van der Waals surface area contributed by atoms with Crippen molar-refractivity contribution in [2.75, 3.05) is 24.5 Å². The lowest BCUT2D eigenvalue weighted by molar-refractivity contribution is -0.679. The van der Waals surface area contributed by atoms with E-state index >= 15 is 0 Å². The summed E-state index contributed by atoms with van der Waals surface area (Å²) < 4.78 is 3.89. The lowest BCUT2D eigenvalue weighted by atomic mass is 9.94. The Labute approximate surface area is 238 Å². The van der Waals surface area contributed by atoms with Crippen LogP contribution in [-0.2, 0) is 4.79 Å². The first kappa shape index (κ1) is 26.2. The number of pyridine rings is 1. The zero-order valence-corrected chi connectivity index (χ0v) is 23.7. The standard InChI is InChI=1S/C31H32ClN6O2/c1-6-21-10-8-9-11-22(21)28-24(32)16-23-29(36-15-14-35(17-19(36)4)25(39)7-2)34-31(40)38-27-18(3)12-13-33-26(27)20(5)37(28)30(23)38/h6-11,13,16,18-20H,1-2,12,14-15,17H2,3-5H3/q+1/t18?,19-,20?/m0/s1. The number of anilines is 1. The van der Waals surface area contributed by atoms with E-state index in [2.05, 4.69) is 41.5 Å². The Balaban J connectivity index is 1.67. The summed E-state index contributed by atoms with van der Waals surface area (Å²) in [6.45, 7) is 15.5. The summed E-state index contributed by atoms with van der Waals surface area (Å²) in [5, 5.41) is 1.34. The molecule has 0 bridgehead atoms. The number of nitrogens with zero attached hydrogens (tertiary/aromatic N) is 6. The first-order valence-electron chi connectivity index (χ1n) is 13.6. The van der Waals surface area contributed by atoms with Crippen LogP contribution >= 0.6 is 11.6 Å². The molecule has 3 aliphatic heterocycles. The van der Waals surface area contributed by atoms with E-state index in [0.717, 1.165) is 45.7 Å². The molecule has 2 unspecified atom stereocenters. The van der Waals surface area contributed by atoms with Gasteiger partial charge in [-0.05, 0) is 38.0 Å². The highest BCUT2D eigenvalue weighted by molar-refractivity contribution is 6.33. The van der Waals surface area contributed by atoms with E-state index < -0.39 is 0 Å². The van der Waals surface area contributed by atoms with Crippen LogP contribution in [0, 0.1) is 5.92 Å². The van der Waals surface area contributed by atoms with Crippen LogP contribution in [0.2, 0.25) is 5.02 Å². The zero-order chi connectivity index (χ0) is 28.3. The molecule has 3 atom stereocenters. The summed E-state index contributed by atoms with van der Waals surface area (Å²) in [6, 6.07) is 9.67. The molecule has 40 heavy (non-hydrogen) atoms. The average Bonchev–Trinajstić information content (AvgIpc) is 2.95. The Morgan fingerprint density at radius 1 is 1.18 bits per heavy atom. The molecule has 3 aliphatic rings. The minimum Gasteiger partial charge on any atom is -0.349 e. The number of carbonyl (C=O) groups excluding carboxylic acids is 1. The average molecular weight is 556 g/mol. The number of aromatic nitrogens is 3. The fourth-order valence-corrected chi connectivity index (χ4v) is 6.68. The molecule has 3 aromatic rings. The van der Waals surface area contributed by atoms with E-state index in [9.17, 15) is 9.59 Å². The summed E-state index contributed by atoms with van der Waals surface area (Å²) in [5.74, 6) is 0.585. The van der Waals surface area contributed by atoms with Crippen LogP contribution in [0.1, 0.15) is 38.8 Å². The number of rotatable bonds is 4. The molecular formula is C31H32ClN6O2+. The number of fused-ring (bicyclic) bond motifs is 1. The predicted octanol–water partition coefficient (Wildman–Crippen LogP) is 4.72. The summed E-state index contributed by atoms with van der Waals surface area (Å²) in [5.41, 5.74) is 4.82. The van der Waals surface area contributed by atoms with Gasteiger partial charge < -0.3 is 9.80 Å². The van der Waals surface area contributed by atoms with E-state index in [4.69, 9.17) is 16.6 Å². The number of hydrogen-bond donors (Lipinski definition) is 0. The van der Waals surface area contributed by atoms with Gasteiger partial charge in [-0.1, -0.05) is 62.0 Å². The van der Waals surface area contributed by atoms with Crippen molar-refractivity contribution < 1.29 is 9.36 Å². The lowest BCUT2D eigenvalue weighted by Gasteiger charge is -2.40. The summed E-state index contributed by atoms with van der Waals surface area (Å²) in [7, 11) is 0. The van der Waals surface area contributed by atoms with Crippen molar-refractivity contribution in [3.8, 4) is 11.3 Å². The Kier molecular flexibility index (Phi) is 6.45. The predicted molar refractivity (Wildman–Crippen MR) is 161 cm³/mol. The van der Waals surface area contributed by atoms with Crippen LogP contribution in [0.3, 0.4) is 0 Å². The van der Waals surface area contributed by atoms with Gasteiger partial charge >= 0.3 is 11.3 Å². The molecule has 1 fully saturated rings. The van der Waals surface area contributed by atoms with Gasteiger partial charge in [-0.2, -0.15) is 4.98 Å². The van der Waals surface area contributed by atoms with Crippen LogP contribution in [0.15, 0.2) is 65.0 Å². The number of halogens is 1. The van der Waals surface area contributed by atoms with Gasteiger partial charge in [-0.3, -0.25) is 9.79 Å². The Hall–Kier alpha value is -4.04. The van der Waals surface area contributed by atoms with E-state index in [1.165, 1.54) is 6.08 Å². The SMILES string of the molecule is C=CC(=O)N1CCN(c2nc(=O)n3c4c2cc(Cl)c(-c2ccccc2C=C)[n+]4C(C)C2=C3C(C)CC=N2)[C@@H](C)C1. The maximum Gasteiger partial charge on any atom is 0.441 e. The number of benzene rings is 1. The largest absolute Gasteiger partial charge is 0.441 e. The van der Waals surface area contributed by atoms with Gasteiger partial charge in [0.1, 0.15) is 22.8 Å². The Bertz CT molecular complexity index is 1720. The number of hydrogen-bond acceptors (Lipinski definition) is 5. The smallest absolute Gasteiger partial charge is 0.349 e. The molecule has 0 radical (unpaired) electrons. The molecule has 5 heterocycles. The van der Waals surface area contributed by atoms with Crippen molar-refractivity contribution in [3.63, 3.8) is 0 Å².